The predicted octanol–water partition coefficient (Wildman–Crippen LogP) is 2.79. The minimum atomic E-state index is -0.773. The van der Waals surface area contributed by atoms with Crippen LogP contribution in [0.2, 0.25) is 0 Å². The molecule has 8 nitrogen and oxygen atoms in total. The molecule has 1 saturated heterocycles. The van der Waals surface area contributed by atoms with Crippen LogP contribution in [0, 0.1) is 11.6 Å². The fourth-order valence-electron chi connectivity index (χ4n) is 2.69. The number of ether oxygens (including phenoxy) is 2. The van der Waals surface area contributed by atoms with Crippen molar-refractivity contribution in [2.75, 3.05) is 31.1 Å². The van der Waals surface area contributed by atoms with Gasteiger partial charge >= 0.3 is 6.09 Å². The van der Waals surface area contributed by atoms with Crippen LogP contribution >= 0.6 is 0 Å². The zero-order chi connectivity index (χ0) is 21.0. The van der Waals surface area contributed by atoms with Crippen LogP contribution in [0.15, 0.2) is 24.8 Å². The summed E-state index contributed by atoms with van der Waals surface area (Å²) in [5.41, 5.74) is -0.739. The van der Waals surface area contributed by atoms with Crippen LogP contribution in [-0.2, 0) is 11.3 Å². The first-order valence-corrected chi connectivity index (χ1v) is 9.18. The number of halogens is 2. The van der Waals surface area contributed by atoms with Gasteiger partial charge in [-0.3, -0.25) is 4.98 Å². The van der Waals surface area contributed by atoms with E-state index in [1.54, 1.807) is 4.90 Å². The number of nitrogens with zero attached hydrogens (tertiary/aromatic N) is 5. The normalized spacial score (nSPS) is 14.7. The Balaban J connectivity index is 1.53. The third-order valence-corrected chi connectivity index (χ3v) is 4.16. The molecule has 3 rings (SSSR count). The molecule has 0 unspecified atom stereocenters. The second-order valence-corrected chi connectivity index (χ2v) is 7.54. The van der Waals surface area contributed by atoms with Crippen molar-refractivity contribution < 1.29 is 23.0 Å². The topological polar surface area (TPSA) is 80.7 Å². The van der Waals surface area contributed by atoms with Gasteiger partial charge in [0.15, 0.2) is 17.4 Å². The highest BCUT2D eigenvalue weighted by Gasteiger charge is 2.26. The van der Waals surface area contributed by atoms with Crippen LogP contribution in [0.3, 0.4) is 0 Å². The van der Waals surface area contributed by atoms with E-state index in [1.165, 1.54) is 12.4 Å². The summed E-state index contributed by atoms with van der Waals surface area (Å²) >= 11 is 0. The van der Waals surface area contributed by atoms with Crippen LogP contribution in [0.5, 0.6) is 5.75 Å². The van der Waals surface area contributed by atoms with Crippen molar-refractivity contribution in [2.24, 2.45) is 0 Å². The first-order valence-electron chi connectivity index (χ1n) is 9.18. The summed E-state index contributed by atoms with van der Waals surface area (Å²) < 4.78 is 37.9. The van der Waals surface area contributed by atoms with Crippen molar-refractivity contribution in [1.29, 1.82) is 0 Å². The van der Waals surface area contributed by atoms with Crippen LogP contribution in [0.1, 0.15) is 26.3 Å². The predicted molar refractivity (Wildman–Crippen MR) is 101 cm³/mol. The number of carbonyl (C=O) groups excluding carboxylic acids is 1. The maximum atomic E-state index is 13.6. The van der Waals surface area contributed by atoms with Crippen LogP contribution in [0.25, 0.3) is 0 Å². The fourth-order valence-corrected chi connectivity index (χ4v) is 2.69. The molecule has 29 heavy (non-hydrogen) atoms. The van der Waals surface area contributed by atoms with Gasteiger partial charge in [0.1, 0.15) is 12.2 Å². The maximum absolute atomic E-state index is 13.6. The number of rotatable bonds is 4. The highest BCUT2D eigenvalue weighted by molar-refractivity contribution is 5.68. The summed E-state index contributed by atoms with van der Waals surface area (Å²) in [5, 5.41) is 0. The third kappa shape index (κ3) is 5.49. The number of piperazine rings is 1. The first-order chi connectivity index (χ1) is 13.7. The van der Waals surface area contributed by atoms with Crippen LogP contribution in [0.4, 0.5) is 19.5 Å². The lowest BCUT2D eigenvalue weighted by atomic mass is 10.2. The first kappa shape index (κ1) is 20.7. The van der Waals surface area contributed by atoms with Crippen LogP contribution in [-0.4, -0.2) is 57.7 Å². The molecule has 0 aliphatic carbocycles. The molecule has 2 aromatic rings. The van der Waals surface area contributed by atoms with Gasteiger partial charge in [0, 0.05) is 26.2 Å². The molecule has 1 amide bonds. The highest BCUT2D eigenvalue weighted by Crippen LogP contribution is 2.18. The second-order valence-electron chi connectivity index (χ2n) is 7.54. The van der Waals surface area contributed by atoms with E-state index >= 15 is 0 Å². The number of hydrogen-bond donors (Lipinski definition) is 0. The highest BCUT2D eigenvalue weighted by atomic mass is 19.1. The number of aromatic nitrogens is 3. The Bertz CT molecular complexity index is 830. The fraction of sp³-hybridized carbons (Fsp3) is 0.474. The molecular formula is C19H23F2N5O3. The van der Waals surface area contributed by atoms with E-state index in [9.17, 15) is 13.6 Å². The van der Waals surface area contributed by atoms with Gasteiger partial charge in [0.05, 0.1) is 30.4 Å². The van der Waals surface area contributed by atoms with Crippen molar-refractivity contribution >= 4 is 12.0 Å². The molecule has 0 aromatic carbocycles. The van der Waals surface area contributed by atoms with Gasteiger partial charge in [-0.05, 0) is 20.8 Å². The summed E-state index contributed by atoms with van der Waals surface area (Å²) in [6.45, 7) is 7.31. The molecule has 0 atom stereocenters. The van der Waals surface area contributed by atoms with Crippen molar-refractivity contribution in [2.45, 2.75) is 33.0 Å². The van der Waals surface area contributed by atoms with E-state index in [1.807, 2.05) is 25.7 Å². The molecule has 0 saturated carbocycles. The average Bonchev–Trinajstić information content (AvgIpc) is 2.67. The van der Waals surface area contributed by atoms with E-state index in [2.05, 4.69) is 15.0 Å². The quantitative estimate of drug-likeness (QED) is 0.771. The van der Waals surface area contributed by atoms with Crippen molar-refractivity contribution in [3.8, 4) is 5.75 Å². The van der Waals surface area contributed by atoms with Gasteiger partial charge in [-0.25, -0.2) is 23.5 Å². The lowest BCUT2D eigenvalue weighted by Gasteiger charge is -2.35. The van der Waals surface area contributed by atoms with Crippen molar-refractivity contribution in [3.63, 3.8) is 0 Å². The van der Waals surface area contributed by atoms with Gasteiger partial charge in [-0.1, -0.05) is 0 Å². The largest absolute Gasteiger partial charge is 0.485 e. The molecule has 1 fully saturated rings. The molecule has 0 N–H and O–H groups in total. The summed E-state index contributed by atoms with van der Waals surface area (Å²) in [5.74, 6) is -0.769. The Hall–Kier alpha value is -3.04. The smallest absolute Gasteiger partial charge is 0.410 e. The van der Waals surface area contributed by atoms with Crippen molar-refractivity contribution in [1.82, 2.24) is 19.9 Å². The van der Waals surface area contributed by atoms with E-state index in [-0.39, 0.29) is 24.0 Å². The Labute approximate surface area is 167 Å². The maximum Gasteiger partial charge on any atom is 0.410 e. The molecule has 10 heteroatoms. The summed E-state index contributed by atoms with van der Waals surface area (Å²) in [6, 6.07) is 0. The number of amides is 1. The molecule has 156 valence electrons. The number of carbonyl (C=O) groups is 1. The Kier molecular flexibility index (Phi) is 6.09. The Morgan fingerprint density at radius 2 is 1.62 bits per heavy atom. The molecule has 3 heterocycles. The zero-order valence-electron chi connectivity index (χ0n) is 16.6. The monoisotopic (exact) mass is 407 g/mol. The van der Waals surface area contributed by atoms with E-state index in [0.29, 0.717) is 32.1 Å². The van der Waals surface area contributed by atoms with Gasteiger partial charge in [0.2, 0.25) is 5.95 Å². The molecule has 1 aliphatic heterocycles. The summed E-state index contributed by atoms with van der Waals surface area (Å²) in [4.78, 5) is 27.6. The molecule has 0 spiro atoms. The lowest BCUT2D eigenvalue weighted by molar-refractivity contribution is 0.0240. The second kappa shape index (κ2) is 8.54. The SMILES string of the molecule is CC(C)(C)OC(=O)N1CCN(c2ncc(OCc3c(F)cncc3F)cn2)CC1. The Morgan fingerprint density at radius 3 is 2.17 bits per heavy atom. The van der Waals surface area contributed by atoms with Crippen molar-refractivity contribution in [3.05, 3.63) is 42.0 Å². The zero-order valence-corrected chi connectivity index (χ0v) is 16.6. The average molecular weight is 407 g/mol. The third-order valence-electron chi connectivity index (χ3n) is 4.16. The van der Waals surface area contributed by atoms with Gasteiger partial charge < -0.3 is 19.3 Å². The molecule has 2 aromatic heterocycles. The summed E-state index contributed by atoms with van der Waals surface area (Å²) in [7, 11) is 0. The number of hydrogen-bond acceptors (Lipinski definition) is 7. The molecule has 0 radical (unpaired) electrons. The molecule has 1 aliphatic rings. The van der Waals surface area contributed by atoms with Gasteiger partial charge in [-0.15, -0.1) is 0 Å². The van der Waals surface area contributed by atoms with E-state index in [0.717, 1.165) is 12.4 Å². The number of anilines is 1. The standard InChI is InChI=1S/C19H23F2N5O3/c1-19(2,3)29-18(27)26-6-4-25(5-7-26)17-23-8-13(9-24-17)28-12-14-15(20)10-22-11-16(14)21/h8-11H,4-7,12H2,1-3H3. The minimum absolute atomic E-state index is 0.206. The van der Waals surface area contributed by atoms with Gasteiger partial charge in [-0.2, -0.15) is 0 Å². The van der Waals surface area contributed by atoms with Gasteiger partial charge in [0.25, 0.3) is 0 Å². The minimum Gasteiger partial charge on any atom is -0.485 e. The summed E-state index contributed by atoms with van der Waals surface area (Å²) in [6.07, 6.45) is 4.41. The molecule has 0 bridgehead atoms. The lowest BCUT2D eigenvalue weighted by Crippen LogP contribution is -2.50. The Morgan fingerprint density at radius 1 is 1.03 bits per heavy atom. The van der Waals surface area contributed by atoms with Crippen LogP contribution < -0.4 is 9.64 Å². The van der Waals surface area contributed by atoms with E-state index in [4.69, 9.17) is 9.47 Å². The molecular weight excluding hydrogens is 384 g/mol. The van der Waals surface area contributed by atoms with E-state index < -0.39 is 17.2 Å². The number of pyridine rings is 1.